The summed E-state index contributed by atoms with van der Waals surface area (Å²) in [4.78, 5) is 23.1. The second-order valence-corrected chi connectivity index (χ2v) is 9.93. The molecule has 0 aliphatic rings. The van der Waals surface area contributed by atoms with Crippen molar-refractivity contribution < 1.29 is 19.4 Å². The molecule has 0 aliphatic heterocycles. The zero-order valence-electron chi connectivity index (χ0n) is 23.6. The normalized spacial score (nSPS) is 12.7. The van der Waals surface area contributed by atoms with Gasteiger partial charge in [-0.1, -0.05) is 102 Å². The van der Waals surface area contributed by atoms with Crippen LogP contribution in [0.1, 0.15) is 149 Å². The minimum atomic E-state index is -0.730. The number of carbonyl (C=O) groups is 2. The van der Waals surface area contributed by atoms with E-state index in [1.807, 2.05) is 6.08 Å². The van der Waals surface area contributed by atoms with E-state index in [2.05, 4.69) is 44.2 Å². The lowest BCUT2D eigenvalue weighted by molar-refractivity contribution is -0.147. The third-order valence-corrected chi connectivity index (χ3v) is 6.30. The van der Waals surface area contributed by atoms with Gasteiger partial charge in [-0.05, 0) is 70.3 Å². The molecule has 0 aromatic rings. The van der Waals surface area contributed by atoms with E-state index >= 15 is 0 Å². The summed E-state index contributed by atoms with van der Waals surface area (Å²) in [5.74, 6) is -0.823. The third kappa shape index (κ3) is 26.8. The summed E-state index contributed by atoms with van der Waals surface area (Å²) >= 11 is 0. The fourth-order valence-electron chi connectivity index (χ4n) is 4.07. The van der Waals surface area contributed by atoms with Crippen LogP contribution >= 0.6 is 0 Å². The first-order chi connectivity index (χ1) is 17.6. The topological polar surface area (TPSA) is 63.6 Å². The molecule has 0 aromatic heterocycles. The fraction of sp³-hybridized carbons (Fsp3) is 0.750. The molecule has 4 heteroatoms. The summed E-state index contributed by atoms with van der Waals surface area (Å²) in [7, 11) is 0. The van der Waals surface area contributed by atoms with Crippen LogP contribution in [-0.2, 0) is 14.3 Å². The van der Waals surface area contributed by atoms with Gasteiger partial charge in [0.05, 0.1) is 0 Å². The second-order valence-electron chi connectivity index (χ2n) is 9.93. The average Bonchev–Trinajstić information content (AvgIpc) is 2.85. The SMILES string of the molecule is CCC/C=C\CCCCCCCC(=O)OC(/C=C\C/C=C\CCCCCC)CCCCCCC(=O)O. The van der Waals surface area contributed by atoms with E-state index in [1.54, 1.807) is 0 Å². The number of carboxylic acid groups (broad SMARTS) is 1. The van der Waals surface area contributed by atoms with E-state index < -0.39 is 5.97 Å². The monoisotopic (exact) mass is 504 g/mol. The summed E-state index contributed by atoms with van der Waals surface area (Å²) in [6.45, 7) is 4.43. The molecule has 0 saturated heterocycles. The zero-order valence-corrected chi connectivity index (χ0v) is 23.6. The van der Waals surface area contributed by atoms with Crippen LogP contribution in [-0.4, -0.2) is 23.1 Å². The number of allylic oxidation sites excluding steroid dienone is 5. The van der Waals surface area contributed by atoms with Crippen LogP contribution in [0.3, 0.4) is 0 Å². The summed E-state index contributed by atoms with van der Waals surface area (Å²) in [5, 5.41) is 8.77. The molecule has 0 amide bonds. The standard InChI is InChI=1S/C32H56O4/c1-3-5-7-9-11-13-15-17-19-25-29-32(35)36-30(27-23-20-21-24-28-31(33)34)26-22-18-16-14-12-10-8-6-4-2/h7,9,14,16,22,26,30H,3-6,8,10-13,15,17-21,23-25,27-29H2,1-2H3,(H,33,34)/b9-7-,16-14-,26-22-. The van der Waals surface area contributed by atoms with Gasteiger partial charge < -0.3 is 9.84 Å². The second kappa shape index (κ2) is 27.7. The van der Waals surface area contributed by atoms with Crippen molar-refractivity contribution in [1.82, 2.24) is 0 Å². The highest BCUT2D eigenvalue weighted by Gasteiger charge is 2.11. The Labute approximate surface area is 222 Å². The number of ether oxygens (including phenoxy) is 1. The van der Waals surface area contributed by atoms with E-state index in [9.17, 15) is 9.59 Å². The van der Waals surface area contributed by atoms with Crippen molar-refractivity contribution in [2.24, 2.45) is 0 Å². The van der Waals surface area contributed by atoms with Crippen molar-refractivity contribution >= 4 is 11.9 Å². The number of esters is 1. The van der Waals surface area contributed by atoms with Crippen molar-refractivity contribution in [2.45, 2.75) is 155 Å². The lowest BCUT2D eigenvalue weighted by Gasteiger charge is -2.14. The molecule has 0 aromatic carbocycles. The van der Waals surface area contributed by atoms with Crippen molar-refractivity contribution in [2.75, 3.05) is 0 Å². The van der Waals surface area contributed by atoms with Gasteiger partial charge in [0.15, 0.2) is 0 Å². The van der Waals surface area contributed by atoms with Gasteiger partial charge in [0.2, 0.25) is 0 Å². The molecule has 0 bridgehead atoms. The molecule has 0 rings (SSSR count). The van der Waals surface area contributed by atoms with Crippen LogP contribution in [0, 0.1) is 0 Å². The molecule has 0 saturated carbocycles. The molecule has 208 valence electrons. The Morgan fingerprint density at radius 2 is 1.22 bits per heavy atom. The molecule has 4 nitrogen and oxygen atoms in total. The Morgan fingerprint density at radius 3 is 1.92 bits per heavy atom. The molecule has 0 aliphatic carbocycles. The van der Waals surface area contributed by atoms with Crippen LogP contribution < -0.4 is 0 Å². The van der Waals surface area contributed by atoms with Gasteiger partial charge in [0.1, 0.15) is 6.10 Å². The summed E-state index contributed by atoms with van der Waals surface area (Å²) in [6, 6.07) is 0. The number of hydrogen-bond donors (Lipinski definition) is 1. The van der Waals surface area contributed by atoms with E-state index in [4.69, 9.17) is 9.84 Å². The quantitative estimate of drug-likeness (QED) is 0.0723. The van der Waals surface area contributed by atoms with Gasteiger partial charge in [-0.3, -0.25) is 9.59 Å². The molecular weight excluding hydrogens is 448 g/mol. The molecule has 0 radical (unpaired) electrons. The summed E-state index contributed by atoms with van der Waals surface area (Å²) in [6.07, 6.45) is 34.4. The number of unbranched alkanes of at least 4 members (excludes halogenated alkanes) is 13. The molecular formula is C32H56O4. The predicted octanol–water partition coefficient (Wildman–Crippen LogP) is 9.88. The maximum atomic E-state index is 12.4. The molecule has 1 N–H and O–H groups in total. The fourth-order valence-corrected chi connectivity index (χ4v) is 4.07. The van der Waals surface area contributed by atoms with Crippen molar-refractivity contribution in [3.05, 3.63) is 36.5 Å². The molecule has 0 spiro atoms. The first kappa shape index (κ1) is 34.2. The Morgan fingerprint density at radius 1 is 0.639 bits per heavy atom. The summed E-state index contributed by atoms with van der Waals surface area (Å²) in [5.41, 5.74) is 0. The molecule has 36 heavy (non-hydrogen) atoms. The molecule has 0 heterocycles. The number of carboxylic acids is 1. The highest BCUT2D eigenvalue weighted by Crippen LogP contribution is 2.14. The van der Waals surface area contributed by atoms with Crippen LogP contribution in [0.2, 0.25) is 0 Å². The molecule has 1 atom stereocenters. The largest absolute Gasteiger partial charge is 0.481 e. The van der Waals surface area contributed by atoms with E-state index in [0.29, 0.717) is 12.8 Å². The minimum absolute atomic E-state index is 0.0931. The van der Waals surface area contributed by atoms with Gasteiger partial charge in [0, 0.05) is 12.8 Å². The maximum absolute atomic E-state index is 12.4. The Hall–Kier alpha value is -1.84. The van der Waals surface area contributed by atoms with Crippen LogP contribution in [0.4, 0.5) is 0 Å². The number of carbonyl (C=O) groups excluding carboxylic acids is 1. The van der Waals surface area contributed by atoms with E-state index in [0.717, 1.165) is 51.4 Å². The minimum Gasteiger partial charge on any atom is -0.481 e. The van der Waals surface area contributed by atoms with Gasteiger partial charge in [-0.15, -0.1) is 0 Å². The average molecular weight is 505 g/mol. The molecule has 0 fully saturated rings. The number of aliphatic carboxylic acids is 1. The van der Waals surface area contributed by atoms with Crippen LogP contribution in [0.5, 0.6) is 0 Å². The van der Waals surface area contributed by atoms with Crippen molar-refractivity contribution in [3.8, 4) is 0 Å². The lowest BCUT2D eigenvalue weighted by Crippen LogP contribution is -2.16. The zero-order chi connectivity index (χ0) is 26.5. The third-order valence-electron chi connectivity index (χ3n) is 6.30. The first-order valence-corrected chi connectivity index (χ1v) is 15.0. The highest BCUT2D eigenvalue weighted by atomic mass is 16.5. The molecule has 1 unspecified atom stereocenters. The van der Waals surface area contributed by atoms with Crippen molar-refractivity contribution in [3.63, 3.8) is 0 Å². The van der Waals surface area contributed by atoms with E-state index in [1.165, 1.54) is 64.2 Å². The summed E-state index contributed by atoms with van der Waals surface area (Å²) < 4.78 is 5.80. The lowest BCUT2D eigenvalue weighted by atomic mass is 10.1. The van der Waals surface area contributed by atoms with Crippen LogP contribution in [0.25, 0.3) is 0 Å². The predicted molar refractivity (Wildman–Crippen MR) is 153 cm³/mol. The Kier molecular flexibility index (Phi) is 26.3. The number of rotatable bonds is 26. The van der Waals surface area contributed by atoms with Gasteiger partial charge in [-0.25, -0.2) is 0 Å². The van der Waals surface area contributed by atoms with Crippen LogP contribution in [0.15, 0.2) is 36.5 Å². The highest BCUT2D eigenvalue weighted by molar-refractivity contribution is 5.69. The maximum Gasteiger partial charge on any atom is 0.306 e. The first-order valence-electron chi connectivity index (χ1n) is 15.0. The van der Waals surface area contributed by atoms with E-state index in [-0.39, 0.29) is 18.5 Å². The van der Waals surface area contributed by atoms with Crippen molar-refractivity contribution in [1.29, 1.82) is 0 Å². The van der Waals surface area contributed by atoms with Gasteiger partial charge in [-0.2, -0.15) is 0 Å². The Balaban J connectivity index is 4.22. The van der Waals surface area contributed by atoms with Gasteiger partial charge >= 0.3 is 11.9 Å². The Bertz CT molecular complexity index is 591. The van der Waals surface area contributed by atoms with Gasteiger partial charge in [0.25, 0.3) is 0 Å². The smallest absolute Gasteiger partial charge is 0.306 e. The number of hydrogen-bond acceptors (Lipinski definition) is 3.